The third-order valence-corrected chi connectivity index (χ3v) is 7.63. The van der Waals surface area contributed by atoms with Gasteiger partial charge in [0.25, 0.3) is 10.0 Å². The molecule has 6 nitrogen and oxygen atoms in total. The Hall–Kier alpha value is -3.47. The summed E-state index contributed by atoms with van der Waals surface area (Å²) >= 11 is 0. The molecule has 3 aromatic rings. The zero-order valence-electron chi connectivity index (χ0n) is 22.4. The van der Waals surface area contributed by atoms with Crippen molar-refractivity contribution in [2.24, 2.45) is 0 Å². The minimum atomic E-state index is -4.00. The summed E-state index contributed by atoms with van der Waals surface area (Å²) in [7, 11) is -0.118. The van der Waals surface area contributed by atoms with E-state index in [1.54, 1.807) is 18.2 Å². The summed E-state index contributed by atoms with van der Waals surface area (Å²) in [5.74, 6) is -0.392. The van der Waals surface area contributed by atoms with E-state index in [9.17, 15) is 18.5 Å². The van der Waals surface area contributed by atoms with Crippen molar-refractivity contribution < 1.29 is 13.2 Å². The molecule has 0 aromatic heterocycles. The molecule has 0 aliphatic carbocycles. The van der Waals surface area contributed by atoms with Gasteiger partial charge in [-0.1, -0.05) is 70.2 Å². The highest BCUT2D eigenvalue weighted by molar-refractivity contribution is 7.90. The van der Waals surface area contributed by atoms with E-state index in [1.807, 2.05) is 77.0 Å². The van der Waals surface area contributed by atoms with Crippen molar-refractivity contribution in [3.05, 3.63) is 88.5 Å². The summed E-state index contributed by atoms with van der Waals surface area (Å²) in [4.78, 5) is 15.1. The van der Waals surface area contributed by atoms with Gasteiger partial charge in [-0.15, -0.1) is 0 Å². The molecule has 7 heteroatoms. The molecule has 0 aliphatic heterocycles. The Kier molecular flexibility index (Phi) is 8.90. The molecule has 0 atom stereocenters. The number of hydrogen-bond acceptors (Lipinski definition) is 5. The molecule has 0 saturated carbocycles. The van der Waals surface area contributed by atoms with E-state index in [1.165, 1.54) is 12.1 Å². The van der Waals surface area contributed by atoms with Crippen LogP contribution in [0.2, 0.25) is 0 Å². The molecular weight excluding hydrogens is 482 g/mol. The van der Waals surface area contributed by atoms with Crippen molar-refractivity contribution in [3.63, 3.8) is 0 Å². The fourth-order valence-electron chi connectivity index (χ4n) is 4.48. The van der Waals surface area contributed by atoms with Gasteiger partial charge < -0.3 is 4.90 Å². The standard InChI is InChI=1S/C30H35N3O3S/c1-20(2)27-15-24(26-10-8-7-9-23(26)18-31)16-28(21(3)4)29(27)17-30(34)32-37(35,36)25-13-11-22(12-14-25)19-33(5)6/h7-16,20-21H,17,19H2,1-6H3,(H,32,34). The van der Waals surface area contributed by atoms with Gasteiger partial charge in [0.15, 0.2) is 0 Å². The minimum absolute atomic E-state index is 0.0555. The molecule has 3 rings (SSSR count). The van der Waals surface area contributed by atoms with Crippen LogP contribution >= 0.6 is 0 Å². The number of hydrogen-bond donors (Lipinski definition) is 1. The molecule has 0 aliphatic rings. The summed E-state index contributed by atoms with van der Waals surface area (Å²) in [6, 6.07) is 20.3. The fourth-order valence-corrected chi connectivity index (χ4v) is 5.47. The maximum Gasteiger partial charge on any atom is 0.264 e. The zero-order chi connectivity index (χ0) is 27.3. The predicted octanol–water partition coefficient (Wildman–Crippen LogP) is 5.58. The summed E-state index contributed by atoms with van der Waals surface area (Å²) < 4.78 is 28.1. The van der Waals surface area contributed by atoms with E-state index >= 15 is 0 Å². The first-order valence-corrected chi connectivity index (χ1v) is 13.9. The maximum absolute atomic E-state index is 13.1. The molecule has 37 heavy (non-hydrogen) atoms. The van der Waals surface area contributed by atoms with Crippen molar-refractivity contribution in [2.45, 2.75) is 57.4 Å². The first-order chi connectivity index (χ1) is 17.4. The van der Waals surface area contributed by atoms with E-state index in [4.69, 9.17) is 0 Å². The van der Waals surface area contributed by atoms with E-state index in [0.717, 1.165) is 33.4 Å². The fraction of sp³-hybridized carbons (Fsp3) is 0.333. The van der Waals surface area contributed by atoms with Gasteiger partial charge >= 0.3 is 0 Å². The SMILES string of the molecule is CC(C)c1cc(-c2ccccc2C#N)cc(C(C)C)c1CC(=O)NS(=O)(=O)c1ccc(CN(C)C)cc1. The average Bonchev–Trinajstić information content (AvgIpc) is 2.83. The van der Waals surface area contributed by atoms with Crippen LogP contribution in [-0.2, 0) is 27.8 Å². The van der Waals surface area contributed by atoms with Crippen LogP contribution in [0.4, 0.5) is 0 Å². The summed E-state index contributed by atoms with van der Waals surface area (Å²) in [5, 5.41) is 9.60. The smallest absolute Gasteiger partial charge is 0.264 e. The molecule has 3 aromatic carbocycles. The topological polar surface area (TPSA) is 90.3 Å². The van der Waals surface area contributed by atoms with Crippen molar-refractivity contribution in [3.8, 4) is 17.2 Å². The first kappa shape index (κ1) is 28.1. The van der Waals surface area contributed by atoms with Crippen LogP contribution in [0.5, 0.6) is 0 Å². The Labute approximate surface area is 221 Å². The molecule has 0 fully saturated rings. The number of carbonyl (C=O) groups is 1. The van der Waals surface area contributed by atoms with E-state index in [0.29, 0.717) is 12.1 Å². The van der Waals surface area contributed by atoms with E-state index < -0.39 is 15.9 Å². The summed E-state index contributed by atoms with van der Waals surface area (Å²) in [5.41, 5.74) is 6.09. The summed E-state index contributed by atoms with van der Waals surface area (Å²) in [6.45, 7) is 8.89. The second kappa shape index (κ2) is 11.7. The lowest BCUT2D eigenvalue weighted by molar-refractivity contribution is -0.118. The first-order valence-electron chi connectivity index (χ1n) is 12.4. The van der Waals surface area contributed by atoms with E-state index in [2.05, 4.69) is 10.8 Å². The number of carbonyl (C=O) groups excluding carboxylic acids is 1. The Morgan fingerprint density at radius 1 is 0.946 bits per heavy atom. The lowest BCUT2D eigenvalue weighted by atomic mass is 9.83. The Bertz CT molecular complexity index is 1390. The molecule has 194 valence electrons. The number of benzene rings is 3. The second-order valence-electron chi connectivity index (χ2n) is 10.2. The Morgan fingerprint density at radius 2 is 1.51 bits per heavy atom. The van der Waals surface area contributed by atoms with Crippen LogP contribution in [0.15, 0.2) is 65.6 Å². The largest absolute Gasteiger partial charge is 0.305 e. The van der Waals surface area contributed by atoms with Crippen LogP contribution < -0.4 is 4.72 Å². The van der Waals surface area contributed by atoms with Gasteiger partial charge in [-0.3, -0.25) is 4.79 Å². The lowest BCUT2D eigenvalue weighted by Crippen LogP contribution is -2.32. The number of amides is 1. The molecule has 0 spiro atoms. The zero-order valence-corrected chi connectivity index (χ0v) is 23.2. The van der Waals surface area contributed by atoms with Gasteiger partial charge in [0.05, 0.1) is 22.9 Å². The minimum Gasteiger partial charge on any atom is -0.305 e. The molecule has 1 N–H and O–H groups in total. The molecule has 1 amide bonds. The third kappa shape index (κ3) is 6.85. The molecule has 0 radical (unpaired) electrons. The van der Waals surface area contributed by atoms with Gasteiger partial charge in [-0.2, -0.15) is 5.26 Å². The Balaban J connectivity index is 1.95. The number of nitrogens with zero attached hydrogens (tertiary/aromatic N) is 2. The number of rotatable bonds is 9. The van der Waals surface area contributed by atoms with Crippen LogP contribution in [0.25, 0.3) is 11.1 Å². The monoisotopic (exact) mass is 517 g/mol. The highest BCUT2D eigenvalue weighted by atomic mass is 32.2. The van der Waals surface area contributed by atoms with Gasteiger partial charge in [-0.05, 0) is 77.5 Å². The van der Waals surface area contributed by atoms with Crippen molar-refractivity contribution in [1.29, 1.82) is 5.26 Å². The average molecular weight is 518 g/mol. The molecular formula is C30H35N3O3S. The number of nitriles is 1. The third-order valence-electron chi connectivity index (χ3n) is 6.24. The predicted molar refractivity (Wildman–Crippen MR) is 148 cm³/mol. The van der Waals surface area contributed by atoms with Crippen LogP contribution in [0.1, 0.15) is 67.3 Å². The van der Waals surface area contributed by atoms with Gasteiger partial charge in [0.2, 0.25) is 5.91 Å². The maximum atomic E-state index is 13.1. The van der Waals surface area contributed by atoms with Gasteiger partial charge in [0, 0.05) is 6.54 Å². The lowest BCUT2D eigenvalue weighted by Gasteiger charge is -2.22. The van der Waals surface area contributed by atoms with Crippen LogP contribution in [0.3, 0.4) is 0 Å². The molecule has 0 bridgehead atoms. The molecule has 0 saturated heterocycles. The highest BCUT2D eigenvalue weighted by Gasteiger charge is 2.23. The molecule has 0 heterocycles. The quantitative estimate of drug-likeness (QED) is 0.400. The second-order valence-corrected chi connectivity index (χ2v) is 11.9. The van der Waals surface area contributed by atoms with E-state index in [-0.39, 0.29) is 23.2 Å². The number of nitrogens with one attached hydrogen (secondary N) is 1. The summed E-state index contributed by atoms with van der Waals surface area (Å²) in [6.07, 6.45) is -0.0564. The van der Waals surface area contributed by atoms with Gasteiger partial charge in [-0.25, -0.2) is 13.1 Å². The number of sulfonamides is 1. The Morgan fingerprint density at radius 3 is 2.03 bits per heavy atom. The van der Waals surface area contributed by atoms with Crippen LogP contribution in [-0.4, -0.2) is 33.3 Å². The van der Waals surface area contributed by atoms with Crippen molar-refractivity contribution in [1.82, 2.24) is 9.62 Å². The van der Waals surface area contributed by atoms with Crippen molar-refractivity contribution in [2.75, 3.05) is 14.1 Å². The highest BCUT2D eigenvalue weighted by Crippen LogP contribution is 2.35. The van der Waals surface area contributed by atoms with Gasteiger partial charge in [0.1, 0.15) is 0 Å². The molecule has 0 unspecified atom stereocenters. The normalized spacial score (nSPS) is 11.7. The van der Waals surface area contributed by atoms with Crippen LogP contribution in [0, 0.1) is 11.3 Å². The van der Waals surface area contributed by atoms with Crippen molar-refractivity contribution >= 4 is 15.9 Å².